The van der Waals surface area contributed by atoms with Gasteiger partial charge in [0.05, 0.1) is 5.92 Å². The van der Waals surface area contributed by atoms with E-state index in [0.717, 1.165) is 24.6 Å². The van der Waals surface area contributed by atoms with E-state index in [1.165, 1.54) is 24.3 Å². The Morgan fingerprint density at radius 3 is 2.20 bits per heavy atom. The first-order valence-corrected chi connectivity index (χ1v) is 12.6. The van der Waals surface area contributed by atoms with Gasteiger partial charge in [-0.2, -0.15) is 0 Å². The molecule has 1 aliphatic carbocycles. The normalized spacial score (nSPS) is 25.8. The third kappa shape index (κ3) is 4.92. The number of hydrogen-bond donors (Lipinski definition) is 0. The lowest BCUT2D eigenvalue weighted by Gasteiger charge is -2.44. The van der Waals surface area contributed by atoms with Gasteiger partial charge < -0.3 is 9.80 Å². The SMILES string of the molecule is CC(C)(C)N1C[C@H](C(=O)N2CCN(c3ccc(F)cc3)C(C3CC3)C2)[C@@H](c2ccc(F)cc2F)C1. The Morgan fingerprint density at radius 2 is 1.57 bits per heavy atom. The van der Waals surface area contributed by atoms with E-state index >= 15 is 0 Å². The van der Waals surface area contributed by atoms with Gasteiger partial charge >= 0.3 is 0 Å². The molecule has 0 N–H and O–H groups in total. The van der Waals surface area contributed by atoms with Gasteiger partial charge in [0, 0.05) is 62.0 Å². The second-order valence-electron chi connectivity index (χ2n) is 11.3. The molecule has 2 aliphatic heterocycles. The number of nitrogens with zero attached hydrogens (tertiary/aromatic N) is 3. The number of carbonyl (C=O) groups is 1. The number of amides is 1. The van der Waals surface area contributed by atoms with Crippen molar-refractivity contribution in [3.05, 3.63) is 65.5 Å². The summed E-state index contributed by atoms with van der Waals surface area (Å²) in [5.41, 5.74) is 1.24. The van der Waals surface area contributed by atoms with Gasteiger partial charge in [0.15, 0.2) is 0 Å². The van der Waals surface area contributed by atoms with Gasteiger partial charge in [0.25, 0.3) is 0 Å². The summed E-state index contributed by atoms with van der Waals surface area (Å²) in [7, 11) is 0. The summed E-state index contributed by atoms with van der Waals surface area (Å²) in [4.78, 5) is 20.4. The third-order valence-corrected chi connectivity index (χ3v) is 8.00. The first-order valence-electron chi connectivity index (χ1n) is 12.6. The van der Waals surface area contributed by atoms with Crippen LogP contribution in [-0.4, -0.2) is 60.0 Å². The number of hydrogen-bond acceptors (Lipinski definition) is 3. The molecule has 1 saturated carbocycles. The van der Waals surface area contributed by atoms with E-state index in [1.54, 1.807) is 0 Å². The number of halogens is 3. The third-order valence-electron chi connectivity index (χ3n) is 8.00. The van der Waals surface area contributed by atoms with Crippen LogP contribution < -0.4 is 4.90 Å². The number of rotatable bonds is 4. The van der Waals surface area contributed by atoms with Crippen molar-refractivity contribution in [1.82, 2.24) is 9.80 Å². The molecule has 3 aliphatic rings. The van der Waals surface area contributed by atoms with Gasteiger partial charge in [-0.3, -0.25) is 9.69 Å². The molecule has 35 heavy (non-hydrogen) atoms. The largest absolute Gasteiger partial charge is 0.365 e. The van der Waals surface area contributed by atoms with Crippen LogP contribution in [0.15, 0.2) is 42.5 Å². The number of anilines is 1. The highest BCUT2D eigenvalue weighted by Gasteiger charge is 2.46. The number of benzene rings is 2. The van der Waals surface area contributed by atoms with Crippen LogP contribution >= 0.6 is 0 Å². The standard InChI is InChI=1S/C28H34F3N3O/c1-28(2,3)33-15-23(22-11-8-20(30)14-25(22)31)24(16-33)27(35)32-12-13-34(26(17-32)18-4-5-18)21-9-6-19(29)7-10-21/h6-11,14,18,23-24,26H,4-5,12-13,15-17H2,1-3H3/t23-,24+,26?/m1/s1. The molecule has 2 aromatic rings. The second kappa shape index (κ2) is 9.16. The lowest BCUT2D eigenvalue weighted by molar-refractivity contribution is -0.136. The van der Waals surface area contributed by atoms with Gasteiger partial charge in [0.2, 0.25) is 5.91 Å². The van der Waals surface area contributed by atoms with Crippen molar-refractivity contribution in [3.8, 4) is 0 Å². The Labute approximate surface area is 205 Å². The molecule has 3 fully saturated rings. The molecule has 0 spiro atoms. The average Bonchev–Trinajstić information content (AvgIpc) is 3.56. The van der Waals surface area contributed by atoms with Gasteiger partial charge in [-0.15, -0.1) is 0 Å². The Hall–Kier alpha value is -2.54. The van der Waals surface area contributed by atoms with Crippen molar-refractivity contribution in [1.29, 1.82) is 0 Å². The summed E-state index contributed by atoms with van der Waals surface area (Å²) in [6, 6.07) is 10.5. The molecule has 4 nitrogen and oxygen atoms in total. The Balaban J connectivity index is 1.39. The van der Waals surface area contributed by atoms with E-state index in [9.17, 15) is 18.0 Å². The highest BCUT2D eigenvalue weighted by atomic mass is 19.1. The fraction of sp³-hybridized carbons (Fsp3) is 0.536. The Bertz CT molecular complexity index is 1080. The van der Waals surface area contributed by atoms with E-state index < -0.39 is 11.6 Å². The predicted octanol–water partition coefficient (Wildman–Crippen LogP) is 5.05. The van der Waals surface area contributed by atoms with Crippen LogP contribution in [0.4, 0.5) is 18.9 Å². The summed E-state index contributed by atoms with van der Waals surface area (Å²) >= 11 is 0. The molecule has 7 heteroatoms. The predicted molar refractivity (Wildman–Crippen MR) is 131 cm³/mol. The van der Waals surface area contributed by atoms with Gasteiger partial charge in [-0.25, -0.2) is 13.2 Å². The van der Waals surface area contributed by atoms with Crippen LogP contribution in [0, 0.1) is 29.3 Å². The zero-order valence-corrected chi connectivity index (χ0v) is 20.7. The molecule has 0 bridgehead atoms. The van der Waals surface area contributed by atoms with E-state index in [0.29, 0.717) is 44.2 Å². The number of carbonyl (C=O) groups excluding carboxylic acids is 1. The van der Waals surface area contributed by atoms with E-state index in [1.807, 2.05) is 17.0 Å². The molecule has 1 unspecified atom stereocenters. The van der Waals surface area contributed by atoms with Crippen LogP contribution in [0.2, 0.25) is 0 Å². The summed E-state index contributed by atoms with van der Waals surface area (Å²) in [6.45, 7) is 9.28. The van der Waals surface area contributed by atoms with Crippen LogP contribution in [-0.2, 0) is 4.79 Å². The molecule has 1 amide bonds. The second-order valence-corrected chi connectivity index (χ2v) is 11.3. The fourth-order valence-electron chi connectivity index (χ4n) is 5.80. The molecule has 2 heterocycles. The average molecular weight is 486 g/mol. The number of likely N-dealkylation sites (tertiary alicyclic amines) is 1. The minimum absolute atomic E-state index is 0.0508. The monoisotopic (exact) mass is 485 g/mol. The zero-order chi connectivity index (χ0) is 24.9. The molecule has 2 aromatic carbocycles. The van der Waals surface area contributed by atoms with E-state index in [-0.39, 0.29) is 35.1 Å². The molecular weight excluding hydrogens is 451 g/mol. The van der Waals surface area contributed by atoms with Crippen molar-refractivity contribution in [2.75, 3.05) is 37.6 Å². The fourth-order valence-corrected chi connectivity index (χ4v) is 5.80. The van der Waals surface area contributed by atoms with Crippen LogP contribution in [0.3, 0.4) is 0 Å². The Kier molecular flexibility index (Phi) is 6.32. The highest BCUT2D eigenvalue weighted by molar-refractivity contribution is 5.81. The molecule has 0 aromatic heterocycles. The molecular formula is C28H34F3N3O. The summed E-state index contributed by atoms with van der Waals surface area (Å²) < 4.78 is 41.9. The van der Waals surface area contributed by atoms with Crippen molar-refractivity contribution in [2.45, 2.75) is 51.1 Å². The summed E-state index contributed by atoms with van der Waals surface area (Å²) in [5, 5.41) is 0. The van der Waals surface area contributed by atoms with Crippen molar-refractivity contribution in [2.24, 2.45) is 11.8 Å². The molecule has 3 atom stereocenters. The maximum atomic E-state index is 14.8. The molecule has 5 rings (SSSR count). The maximum absolute atomic E-state index is 14.8. The first kappa shape index (κ1) is 24.2. The van der Waals surface area contributed by atoms with Gasteiger partial charge in [-0.05, 0) is 75.4 Å². The maximum Gasteiger partial charge on any atom is 0.227 e. The minimum Gasteiger partial charge on any atom is -0.365 e. The summed E-state index contributed by atoms with van der Waals surface area (Å²) in [5.74, 6) is -1.58. The lowest BCUT2D eigenvalue weighted by Crippen LogP contribution is -2.57. The number of piperazine rings is 1. The summed E-state index contributed by atoms with van der Waals surface area (Å²) in [6.07, 6.45) is 2.27. The minimum atomic E-state index is -0.607. The zero-order valence-electron chi connectivity index (χ0n) is 20.7. The topological polar surface area (TPSA) is 26.8 Å². The quantitative estimate of drug-likeness (QED) is 0.607. The van der Waals surface area contributed by atoms with Crippen molar-refractivity contribution in [3.63, 3.8) is 0 Å². The van der Waals surface area contributed by atoms with Crippen molar-refractivity contribution >= 4 is 11.6 Å². The van der Waals surface area contributed by atoms with E-state index in [4.69, 9.17) is 0 Å². The van der Waals surface area contributed by atoms with Gasteiger partial charge in [0.1, 0.15) is 17.5 Å². The molecule has 2 saturated heterocycles. The first-order chi connectivity index (χ1) is 16.6. The molecule has 188 valence electrons. The van der Waals surface area contributed by atoms with Crippen LogP contribution in [0.5, 0.6) is 0 Å². The van der Waals surface area contributed by atoms with Crippen LogP contribution in [0.1, 0.15) is 45.1 Å². The highest BCUT2D eigenvalue weighted by Crippen LogP contribution is 2.41. The van der Waals surface area contributed by atoms with Crippen molar-refractivity contribution < 1.29 is 18.0 Å². The van der Waals surface area contributed by atoms with E-state index in [2.05, 4.69) is 30.6 Å². The molecule has 0 radical (unpaired) electrons. The smallest absolute Gasteiger partial charge is 0.227 e. The Morgan fingerprint density at radius 1 is 0.886 bits per heavy atom. The lowest BCUT2D eigenvalue weighted by atomic mass is 9.87. The van der Waals surface area contributed by atoms with Gasteiger partial charge in [-0.1, -0.05) is 6.07 Å². The van der Waals surface area contributed by atoms with Crippen LogP contribution in [0.25, 0.3) is 0 Å².